The van der Waals surface area contributed by atoms with Crippen LogP contribution in [0.5, 0.6) is 0 Å². The fraction of sp³-hybridized carbons (Fsp3) is 0. The summed E-state index contributed by atoms with van der Waals surface area (Å²) in [5, 5.41) is 9.43. The van der Waals surface area contributed by atoms with Crippen molar-refractivity contribution in [3.8, 4) is 0 Å². The topological polar surface area (TPSA) is 115 Å². The van der Waals surface area contributed by atoms with Gasteiger partial charge in [-0.25, -0.2) is 14.8 Å². The number of benzene rings is 1. The summed E-state index contributed by atoms with van der Waals surface area (Å²) in [6.07, 6.45) is 0. The first-order valence-electron chi connectivity index (χ1n) is 5.06. The molecule has 2 rings (SSSR count). The molecule has 0 aliphatic carbocycles. The first-order chi connectivity index (χ1) is 8.95. The molecule has 0 fully saturated rings. The maximum Gasteiger partial charge on any atom is 0.336 e. The first kappa shape index (κ1) is 13.6. The maximum absolute atomic E-state index is 11.1. The van der Waals surface area contributed by atoms with E-state index < -0.39 is 5.97 Å². The number of hydrogen-bond acceptors (Lipinski definition) is 6. The number of aromatic nitrogens is 2. The van der Waals surface area contributed by atoms with Crippen LogP contribution in [-0.4, -0.2) is 21.0 Å². The molecule has 0 saturated heterocycles. The van der Waals surface area contributed by atoms with Gasteiger partial charge in [0.2, 0.25) is 0 Å². The van der Waals surface area contributed by atoms with Crippen molar-refractivity contribution in [2.24, 2.45) is 0 Å². The van der Waals surface area contributed by atoms with E-state index in [9.17, 15) is 4.79 Å². The third-order valence-corrected chi connectivity index (χ3v) is 3.54. The summed E-state index contributed by atoms with van der Waals surface area (Å²) >= 11 is 4.38. The van der Waals surface area contributed by atoms with Gasteiger partial charge in [0.1, 0.15) is 11.6 Å². The van der Waals surface area contributed by atoms with Gasteiger partial charge in [-0.3, -0.25) is 0 Å². The lowest BCUT2D eigenvalue weighted by atomic mass is 10.2. The molecular weight excluding hydrogens is 332 g/mol. The number of nitrogens with zero attached hydrogens (tertiary/aromatic N) is 2. The predicted octanol–water partition coefficient (Wildman–Crippen LogP) is 2.25. The van der Waals surface area contributed by atoms with Crippen molar-refractivity contribution in [3.05, 3.63) is 34.3 Å². The molecule has 0 bridgehead atoms. The van der Waals surface area contributed by atoms with Gasteiger partial charge in [0.25, 0.3) is 0 Å². The summed E-state index contributed by atoms with van der Waals surface area (Å²) in [7, 11) is 0. The largest absolute Gasteiger partial charge is 0.478 e. The zero-order valence-corrected chi connectivity index (χ0v) is 11.9. The van der Waals surface area contributed by atoms with Gasteiger partial charge in [-0.05, 0) is 30.0 Å². The average molecular weight is 341 g/mol. The van der Waals surface area contributed by atoms with Crippen molar-refractivity contribution in [1.82, 2.24) is 9.97 Å². The summed E-state index contributed by atoms with van der Waals surface area (Å²) in [5.41, 5.74) is 11.3. The molecule has 0 aliphatic heterocycles. The highest BCUT2D eigenvalue weighted by Gasteiger charge is 2.13. The van der Waals surface area contributed by atoms with Crippen LogP contribution in [0.3, 0.4) is 0 Å². The summed E-state index contributed by atoms with van der Waals surface area (Å²) in [6, 6.07) is 6.27. The highest BCUT2D eigenvalue weighted by molar-refractivity contribution is 9.10. The molecule has 8 heteroatoms. The molecule has 98 valence electrons. The minimum absolute atomic E-state index is 0.165. The second kappa shape index (κ2) is 5.45. The minimum atomic E-state index is -1.02. The molecule has 0 unspecified atom stereocenters. The van der Waals surface area contributed by atoms with E-state index in [-0.39, 0.29) is 17.2 Å². The fourth-order valence-corrected chi connectivity index (χ4v) is 2.83. The van der Waals surface area contributed by atoms with Gasteiger partial charge in [0.05, 0.1) is 5.56 Å². The molecule has 5 N–H and O–H groups in total. The van der Waals surface area contributed by atoms with E-state index in [1.165, 1.54) is 12.1 Å². The van der Waals surface area contributed by atoms with Crippen LogP contribution in [-0.2, 0) is 0 Å². The zero-order valence-electron chi connectivity index (χ0n) is 9.50. The van der Waals surface area contributed by atoms with Crippen LogP contribution in [0, 0.1) is 0 Å². The monoisotopic (exact) mass is 340 g/mol. The molecule has 2 aromatic rings. The molecule has 0 atom stereocenters. The van der Waals surface area contributed by atoms with Gasteiger partial charge < -0.3 is 16.6 Å². The number of carboxylic acids is 1. The third kappa shape index (κ3) is 3.36. The molecule has 1 heterocycles. The Morgan fingerprint density at radius 1 is 1.21 bits per heavy atom. The van der Waals surface area contributed by atoms with Crippen molar-refractivity contribution < 1.29 is 9.90 Å². The molecule has 1 aromatic heterocycles. The fourth-order valence-electron chi connectivity index (χ4n) is 1.36. The Kier molecular flexibility index (Phi) is 3.91. The number of nitrogens with two attached hydrogens (primary N) is 2. The lowest BCUT2D eigenvalue weighted by Crippen LogP contribution is -2.01. The Hall–Kier alpha value is -1.80. The molecule has 0 radical (unpaired) electrons. The molecular formula is C11H9BrN4O2S. The third-order valence-electron chi connectivity index (χ3n) is 2.12. The van der Waals surface area contributed by atoms with Gasteiger partial charge >= 0.3 is 5.97 Å². The quantitative estimate of drug-likeness (QED) is 0.733. The molecule has 0 spiro atoms. The lowest BCUT2D eigenvalue weighted by Gasteiger charge is -2.06. The van der Waals surface area contributed by atoms with Gasteiger partial charge in [-0.15, -0.1) is 0 Å². The summed E-state index contributed by atoms with van der Waals surface area (Å²) in [4.78, 5) is 19.6. The van der Waals surface area contributed by atoms with Gasteiger partial charge in [0, 0.05) is 15.4 Å². The van der Waals surface area contributed by atoms with Crippen molar-refractivity contribution in [2.75, 3.05) is 11.5 Å². The maximum atomic E-state index is 11.1. The van der Waals surface area contributed by atoms with E-state index in [0.29, 0.717) is 10.1 Å². The van der Waals surface area contributed by atoms with Crippen molar-refractivity contribution >= 4 is 45.3 Å². The molecule has 1 aromatic carbocycles. The van der Waals surface area contributed by atoms with Crippen LogP contribution in [0.25, 0.3) is 0 Å². The van der Waals surface area contributed by atoms with Gasteiger partial charge in [0.15, 0.2) is 5.16 Å². The van der Waals surface area contributed by atoms with E-state index in [2.05, 4.69) is 25.9 Å². The molecule has 0 amide bonds. The Morgan fingerprint density at radius 2 is 1.84 bits per heavy atom. The number of rotatable bonds is 3. The molecule has 0 saturated carbocycles. The van der Waals surface area contributed by atoms with Crippen molar-refractivity contribution in [1.29, 1.82) is 0 Å². The summed E-state index contributed by atoms with van der Waals surface area (Å²) < 4.78 is 0.761. The lowest BCUT2D eigenvalue weighted by molar-refractivity contribution is 0.0693. The smallest absolute Gasteiger partial charge is 0.336 e. The first-order valence-corrected chi connectivity index (χ1v) is 6.67. The van der Waals surface area contributed by atoms with Crippen LogP contribution >= 0.6 is 27.7 Å². The van der Waals surface area contributed by atoms with Gasteiger partial charge in [-0.2, -0.15) is 0 Å². The van der Waals surface area contributed by atoms with Crippen LogP contribution in [0.4, 0.5) is 11.6 Å². The number of halogens is 1. The average Bonchev–Trinajstić information content (AvgIpc) is 2.26. The Morgan fingerprint density at radius 3 is 2.42 bits per heavy atom. The number of anilines is 2. The van der Waals surface area contributed by atoms with E-state index in [1.807, 2.05) is 0 Å². The Labute approximate surface area is 121 Å². The second-order valence-electron chi connectivity index (χ2n) is 3.55. The van der Waals surface area contributed by atoms with Crippen molar-refractivity contribution in [2.45, 2.75) is 10.1 Å². The zero-order chi connectivity index (χ0) is 14.0. The summed E-state index contributed by atoms with van der Waals surface area (Å²) in [6.45, 7) is 0. The van der Waals surface area contributed by atoms with E-state index in [0.717, 1.165) is 16.2 Å². The SMILES string of the molecule is Nc1cc(N)nc(Sc2cc(Br)ccc2C(=O)O)n1. The van der Waals surface area contributed by atoms with E-state index in [4.69, 9.17) is 16.6 Å². The van der Waals surface area contributed by atoms with Gasteiger partial charge in [-0.1, -0.05) is 15.9 Å². The molecule has 0 aliphatic rings. The van der Waals surface area contributed by atoms with E-state index >= 15 is 0 Å². The Bertz CT molecular complexity index is 630. The van der Waals surface area contributed by atoms with E-state index in [1.54, 1.807) is 12.1 Å². The van der Waals surface area contributed by atoms with Crippen LogP contribution in [0.1, 0.15) is 10.4 Å². The molecule has 19 heavy (non-hydrogen) atoms. The minimum Gasteiger partial charge on any atom is -0.478 e. The van der Waals surface area contributed by atoms with Crippen LogP contribution in [0.15, 0.2) is 38.8 Å². The van der Waals surface area contributed by atoms with Crippen molar-refractivity contribution in [3.63, 3.8) is 0 Å². The number of hydrogen-bond donors (Lipinski definition) is 3. The highest BCUT2D eigenvalue weighted by atomic mass is 79.9. The number of aromatic carboxylic acids is 1. The predicted molar refractivity (Wildman–Crippen MR) is 76.1 cm³/mol. The van der Waals surface area contributed by atoms with Crippen LogP contribution in [0.2, 0.25) is 0 Å². The number of nitrogen functional groups attached to an aromatic ring is 2. The van der Waals surface area contributed by atoms with Crippen LogP contribution < -0.4 is 11.5 Å². The second-order valence-corrected chi connectivity index (χ2v) is 5.47. The Balaban J connectivity index is 2.42. The molecule has 6 nitrogen and oxygen atoms in total. The standard InChI is InChI=1S/C11H9BrN4O2S/c12-5-1-2-6(10(17)18)7(3-5)19-11-15-8(13)4-9(14)16-11/h1-4H,(H,17,18)(H4,13,14,15,16). The number of carbonyl (C=O) groups is 1. The number of carboxylic acid groups (broad SMARTS) is 1. The summed E-state index contributed by atoms with van der Waals surface area (Å²) in [5.74, 6) is -0.546. The normalized spacial score (nSPS) is 10.4. The highest BCUT2D eigenvalue weighted by Crippen LogP contribution is 2.31.